The van der Waals surface area contributed by atoms with E-state index in [-0.39, 0.29) is 42.6 Å². The van der Waals surface area contributed by atoms with Crippen LogP contribution < -0.4 is 9.80 Å². The highest BCUT2D eigenvalue weighted by molar-refractivity contribution is 6.31. The van der Waals surface area contributed by atoms with E-state index in [1.807, 2.05) is 35.6 Å². The number of benzene rings is 3. The number of pyridine rings is 1. The van der Waals surface area contributed by atoms with Gasteiger partial charge in [-0.15, -0.1) is 12.4 Å². The number of fused-ring (bicyclic) bond motifs is 2. The molecule has 0 saturated carbocycles. The summed E-state index contributed by atoms with van der Waals surface area (Å²) in [5.74, 6) is -0.0670. The molecule has 3 aliphatic heterocycles. The Morgan fingerprint density at radius 2 is 1.72 bits per heavy atom. The van der Waals surface area contributed by atoms with Gasteiger partial charge in [-0.25, -0.2) is 4.98 Å². The number of carbonyl (C=O) groups is 2. The molecule has 10 nitrogen and oxygen atoms in total. The van der Waals surface area contributed by atoms with Crippen molar-refractivity contribution in [3.63, 3.8) is 0 Å². The molecule has 54 heavy (non-hydrogen) atoms. The number of carbonyl (C=O) groups excluding carboxylic acids is 2. The molecule has 0 bridgehead atoms. The fourth-order valence-electron chi connectivity index (χ4n) is 7.80. The van der Waals surface area contributed by atoms with E-state index < -0.39 is 6.98 Å². The number of phenols is 1. The number of morpholine rings is 1. The van der Waals surface area contributed by atoms with Crippen molar-refractivity contribution in [2.24, 2.45) is 7.05 Å². The molecule has 1 atom stereocenters. The van der Waals surface area contributed by atoms with Gasteiger partial charge in [0.15, 0.2) is 0 Å². The average Bonchev–Trinajstić information content (AvgIpc) is 3.75. The van der Waals surface area contributed by atoms with E-state index in [4.69, 9.17) is 20.5 Å². The van der Waals surface area contributed by atoms with Gasteiger partial charge in [-0.3, -0.25) is 19.4 Å². The molecule has 0 aliphatic carbocycles. The molecule has 280 valence electrons. The Labute approximate surface area is 331 Å². The summed E-state index contributed by atoms with van der Waals surface area (Å²) in [4.78, 5) is 41.4. The molecule has 0 unspecified atom stereocenters. The molecule has 3 aliphatic rings. The van der Waals surface area contributed by atoms with E-state index in [1.54, 1.807) is 42.5 Å². The standard InChI is InChI=1S/C42H43ClN6O4.ClH/c1-27-37(42(52)49(32-9-11-35(50)12-10-32)33-21-29-14-15-45(2)40(29)44-24-33)23-39(46(27)3)38-22-31(43)8-13-36(38)41(51)48-25-30-7-5-4-6-28(30)20-34(48)26-47-16-18-53-19-17-47;/h4-13,21-24,34,50H,14-20,25-26H2,1-3H3;1H/t34-;/m0./s1/i2D3;. The highest BCUT2D eigenvalue weighted by Gasteiger charge is 2.34. The first-order valence-electron chi connectivity index (χ1n) is 19.4. The summed E-state index contributed by atoms with van der Waals surface area (Å²) in [6.45, 7) is 3.97. The molecule has 2 amide bonds. The van der Waals surface area contributed by atoms with E-state index in [9.17, 15) is 14.7 Å². The maximum atomic E-state index is 14.9. The third kappa shape index (κ3) is 7.07. The van der Waals surface area contributed by atoms with Gasteiger partial charge in [0.25, 0.3) is 11.8 Å². The minimum Gasteiger partial charge on any atom is -0.508 e. The van der Waals surface area contributed by atoms with Gasteiger partial charge in [0.2, 0.25) is 0 Å². The first-order chi connectivity index (χ1) is 26.9. The molecule has 12 heteroatoms. The number of nitrogens with zero attached hydrogens (tertiary/aromatic N) is 6. The number of amides is 2. The van der Waals surface area contributed by atoms with Crippen molar-refractivity contribution in [2.45, 2.75) is 32.4 Å². The van der Waals surface area contributed by atoms with Gasteiger partial charge in [0.05, 0.1) is 30.7 Å². The number of hydrogen-bond donors (Lipinski definition) is 1. The van der Waals surface area contributed by atoms with Crippen LogP contribution in [0.5, 0.6) is 5.75 Å². The zero-order chi connectivity index (χ0) is 39.3. The summed E-state index contributed by atoms with van der Waals surface area (Å²) in [6.07, 6.45) is 2.70. The second kappa shape index (κ2) is 15.5. The summed E-state index contributed by atoms with van der Waals surface area (Å²) in [6, 6.07) is 23.4. The minimum absolute atomic E-state index is 0. The van der Waals surface area contributed by atoms with Crippen LogP contribution in [0.3, 0.4) is 0 Å². The zero-order valence-electron chi connectivity index (χ0n) is 33.2. The van der Waals surface area contributed by atoms with Crippen LogP contribution in [0.25, 0.3) is 11.3 Å². The minimum atomic E-state index is -2.34. The van der Waals surface area contributed by atoms with Crippen molar-refractivity contribution >= 4 is 53.0 Å². The molecular weight excluding hydrogens is 723 g/mol. The van der Waals surface area contributed by atoms with Crippen LogP contribution in [0.2, 0.25) is 5.02 Å². The van der Waals surface area contributed by atoms with Crippen LogP contribution in [0, 0.1) is 6.92 Å². The fourth-order valence-corrected chi connectivity index (χ4v) is 7.97. The predicted molar refractivity (Wildman–Crippen MR) is 215 cm³/mol. The Morgan fingerprint density at radius 3 is 2.48 bits per heavy atom. The van der Waals surface area contributed by atoms with Gasteiger partial charge in [-0.05, 0) is 91.1 Å². The van der Waals surface area contributed by atoms with Crippen LogP contribution in [0.15, 0.2) is 85.1 Å². The number of phenolic OH excluding ortho intramolecular Hbond substituents is 1. The Kier molecular flexibility index (Phi) is 9.65. The molecule has 1 N–H and O–H groups in total. The third-order valence-electron chi connectivity index (χ3n) is 10.8. The van der Waals surface area contributed by atoms with Gasteiger partial charge in [-0.2, -0.15) is 0 Å². The Bertz CT molecular complexity index is 2310. The molecule has 1 saturated heterocycles. The lowest BCUT2D eigenvalue weighted by Gasteiger charge is -2.40. The monoisotopic (exact) mass is 769 g/mol. The molecule has 3 aromatic carbocycles. The number of likely N-dealkylation sites (N-methyl/N-ethyl adjacent to an activating group) is 1. The maximum absolute atomic E-state index is 14.9. The largest absolute Gasteiger partial charge is 0.508 e. The van der Waals surface area contributed by atoms with Crippen LogP contribution in [0.1, 0.15) is 47.2 Å². The lowest BCUT2D eigenvalue weighted by atomic mass is 9.92. The second-order valence-electron chi connectivity index (χ2n) is 14.0. The first kappa shape index (κ1) is 33.7. The normalized spacial score (nSPS) is 17.8. The van der Waals surface area contributed by atoms with Crippen LogP contribution >= 0.6 is 24.0 Å². The topological polar surface area (TPSA) is 94.4 Å². The SMILES string of the molecule is Cl.[2H]C([2H])([2H])N1CCc2cc(N(C(=O)c3cc(-c4cc(Cl)ccc4C(=O)N4Cc5ccccc5C[C@H]4CN4CCOCC4)n(C)c3C)c3ccc(O)cc3)cnc21. The smallest absolute Gasteiger partial charge is 0.264 e. The van der Waals surface area contributed by atoms with Crippen molar-refractivity contribution < 1.29 is 23.5 Å². The van der Waals surface area contributed by atoms with Crippen LogP contribution in [-0.4, -0.2) is 88.7 Å². The Morgan fingerprint density at radius 1 is 0.963 bits per heavy atom. The summed E-state index contributed by atoms with van der Waals surface area (Å²) in [5.41, 5.74) is 6.81. The van der Waals surface area contributed by atoms with E-state index in [2.05, 4.69) is 22.0 Å². The van der Waals surface area contributed by atoms with Crippen molar-refractivity contribution in [1.29, 1.82) is 0 Å². The van der Waals surface area contributed by atoms with Gasteiger partial charge < -0.3 is 24.2 Å². The van der Waals surface area contributed by atoms with Gasteiger partial charge >= 0.3 is 0 Å². The molecule has 0 radical (unpaired) electrons. The van der Waals surface area contributed by atoms with Crippen molar-refractivity contribution in [2.75, 3.05) is 56.2 Å². The number of rotatable bonds is 7. The van der Waals surface area contributed by atoms with E-state index >= 15 is 0 Å². The van der Waals surface area contributed by atoms with Gasteiger partial charge in [-0.1, -0.05) is 35.9 Å². The number of aromatic nitrogens is 2. The number of aromatic hydroxyl groups is 1. The zero-order valence-corrected chi connectivity index (χ0v) is 31.7. The van der Waals surface area contributed by atoms with Crippen LogP contribution in [0.4, 0.5) is 17.2 Å². The van der Waals surface area contributed by atoms with Gasteiger partial charge in [0, 0.05) is 90.1 Å². The average molecular weight is 771 g/mol. The van der Waals surface area contributed by atoms with Gasteiger partial charge in [0.1, 0.15) is 11.6 Å². The number of ether oxygens (including phenoxy) is 1. The molecule has 8 rings (SSSR count). The Hall–Kier alpha value is -4.87. The van der Waals surface area contributed by atoms with Crippen molar-refractivity contribution in [1.82, 2.24) is 19.4 Å². The first-order valence-corrected chi connectivity index (χ1v) is 18.3. The highest BCUT2D eigenvalue weighted by atomic mass is 35.5. The van der Waals surface area contributed by atoms with Crippen molar-refractivity contribution in [3.05, 3.63) is 124 Å². The number of anilines is 3. The van der Waals surface area contributed by atoms with E-state index in [0.717, 1.165) is 37.2 Å². The molecular formula is C42H44Cl2N6O4. The van der Waals surface area contributed by atoms with E-state index in [1.165, 1.54) is 33.7 Å². The number of hydrogen-bond acceptors (Lipinski definition) is 7. The lowest BCUT2D eigenvalue weighted by Crippen LogP contribution is -2.52. The fraction of sp³-hybridized carbons (Fsp3) is 0.310. The molecule has 5 aromatic rings. The molecule has 5 heterocycles. The van der Waals surface area contributed by atoms with E-state index in [0.29, 0.717) is 76.5 Å². The van der Waals surface area contributed by atoms with Crippen molar-refractivity contribution in [3.8, 4) is 17.0 Å². The molecule has 0 spiro atoms. The summed E-state index contributed by atoms with van der Waals surface area (Å²) >= 11 is 6.66. The third-order valence-corrected chi connectivity index (χ3v) is 11.0. The molecule has 1 fully saturated rings. The second-order valence-corrected chi connectivity index (χ2v) is 14.4. The predicted octanol–water partition coefficient (Wildman–Crippen LogP) is 7.05. The highest BCUT2D eigenvalue weighted by Crippen LogP contribution is 2.37. The van der Waals surface area contributed by atoms with Crippen LogP contribution in [-0.2, 0) is 31.2 Å². The Balaban J connectivity index is 0.00000496. The number of halogens is 2. The summed E-state index contributed by atoms with van der Waals surface area (Å²) < 4.78 is 31.3. The molecule has 2 aromatic heterocycles. The summed E-state index contributed by atoms with van der Waals surface area (Å²) in [7, 11) is 1.86. The quantitative estimate of drug-likeness (QED) is 0.190. The maximum Gasteiger partial charge on any atom is 0.264 e. The summed E-state index contributed by atoms with van der Waals surface area (Å²) in [5, 5.41) is 10.6. The lowest BCUT2D eigenvalue weighted by molar-refractivity contribution is 0.0193.